The number of nitrogens with zero attached hydrogens (tertiary/aromatic N) is 2. The van der Waals surface area contributed by atoms with Crippen LogP contribution in [-0.4, -0.2) is 15.7 Å². The van der Waals surface area contributed by atoms with Gasteiger partial charge in [0.1, 0.15) is 5.82 Å². The number of nitro benzene ring substituents is 1. The predicted molar refractivity (Wildman–Crippen MR) is 75.2 cm³/mol. The van der Waals surface area contributed by atoms with Crippen molar-refractivity contribution >= 4 is 22.5 Å². The highest BCUT2D eigenvalue weighted by molar-refractivity contribution is 8.13. The molecule has 0 bridgehead atoms. The molecule has 1 atom stereocenters. The van der Waals surface area contributed by atoms with Gasteiger partial charge in [0.05, 0.1) is 15.5 Å². The molecule has 1 heterocycles. The third kappa shape index (κ3) is 2.63. The second-order valence-electron chi connectivity index (χ2n) is 4.54. The summed E-state index contributed by atoms with van der Waals surface area (Å²) < 4.78 is 14.1. The average molecular weight is 282 g/mol. The molecule has 4 nitrogen and oxygen atoms in total. The molecular formula is C13H15FN2O2S. The normalized spacial score (nSPS) is 23.0. The van der Waals surface area contributed by atoms with E-state index >= 15 is 0 Å². The minimum atomic E-state index is -0.661. The van der Waals surface area contributed by atoms with Gasteiger partial charge in [-0.15, -0.1) is 11.8 Å². The van der Waals surface area contributed by atoms with Crippen LogP contribution in [-0.2, 0) is 5.54 Å². The van der Waals surface area contributed by atoms with E-state index in [0.29, 0.717) is 18.4 Å². The Kier molecular flexibility index (Phi) is 3.89. The van der Waals surface area contributed by atoms with Crippen LogP contribution in [0.25, 0.3) is 0 Å². The lowest BCUT2D eigenvalue weighted by molar-refractivity contribution is -0.385. The number of benzene rings is 1. The van der Waals surface area contributed by atoms with E-state index in [1.165, 1.54) is 12.1 Å². The molecular weight excluding hydrogens is 267 g/mol. The van der Waals surface area contributed by atoms with Crippen LogP contribution in [0, 0.1) is 15.9 Å². The third-order valence-electron chi connectivity index (χ3n) is 3.45. The van der Waals surface area contributed by atoms with Crippen LogP contribution < -0.4 is 0 Å². The quantitative estimate of drug-likeness (QED) is 0.624. The summed E-state index contributed by atoms with van der Waals surface area (Å²) in [5.74, 6) is 0.432. The van der Waals surface area contributed by atoms with Crippen molar-refractivity contribution < 1.29 is 9.31 Å². The zero-order valence-corrected chi connectivity index (χ0v) is 11.7. The number of nitro groups is 1. The molecule has 0 spiro atoms. The van der Waals surface area contributed by atoms with E-state index in [9.17, 15) is 14.5 Å². The number of hydrogen-bond donors (Lipinski definition) is 0. The molecule has 0 saturated carbocycles. The smallest absolute Gasteiger partial charge is 0.270 e. The molecule has 0 unspecified atom stereocenters. The van der Waals surface area contributed by atoms with Gasteiger partial charge in [-0.2, -0.15) is 0 Å². The van der Waals surface area contributed by atoms with Crippen molar-refractivity contribution in [1.82, 2.24) is 0 Å². The Morgan fingerprint density at radius 2 is 2.32 bits per heavy atom. The Hall–Kier alpha value is -1.43. The summed E-state index contributed by atoms with van der Waals surface area (Å²) in [6.45, 7) is 3.83. The zero-order valence-electron chi connectivity index (χ0n) is 10.9. The molecule has 0 aromatic heterocycles. The van der Waals surface area contributed by atoms with Crippen LogP contribution in [0.4, 0.5) is 10.1 Å². The Balaban J connectivity index is 2.57. The Morgan fingerprint density at radius 1 is 1.58 bits per heavy atom. The molecule has 19 heavy (non-hydrogen) atoms. The van der Waals surface area contributed by atoms with Crippen molar-refractivity contribution in [3.63, 3.8) is 0 Å². The highest BCUT2D eigenvalue weighted by atomic mass is 32.2. The number of thioether (sulfide) groups is 1. The number of halogens is 1. The van der Waals surface area contributed by atoms with Crippen LogP contribution in [0.5, 0.6) is 0 Å². The number of rotatable bonds is 3. The van der Waals surface area contributed by atoms with Crippen molar-refractivity contribution in [1.29, 1.82) is 0 Å². The fraction of sp³-hybridized carbons (Fsp3) is 0.462. The molecule has 6 heteroatoms. The second kappa shape index (κ2) is 5.28. The maximum Gasteiger partial charge on any atom is 0.270 e. The standard InChI is InChI=1S/C13H15FN2O2S/c1-3-13(6-7-19-9(2)15-13)11-8-10(16(17)18)4-5-12(11)14/h4-5,8H,3,6-7H2,1-2H3/t13-/m0/s1. The fourth-order valence-electron chi connectivity index (χ4n) is 2.38. The van der Waals surface area contributed by atoms with Gasteiger partial charge in [-0.1, -0.05) is 6.92 Å². The molecule has 0 radical (unpaired) electrons. The van der Waals surface area contributed by atoms with E-state index in [1.54, 1.807) is 11.8 Å². The number of aliphatic imine (C=N–C) groups is 1. The summed E-state index contributed by atoms with van der Waals surface area (Å²) in [5, 5.41) is 11.7. The lowest BCUT2D eigenvalue weighted by atomic mass is 9.84. The summed E-state index contributed by atoms with van der Waals surface area (Å²) in [6, 6.07) is 3.68. The second-order valence-corrected chi connectivity index (χ2v) is 5.82. The Morgan fingerprint density at radius 3 is 2.89 bits per heavy atom. The average Bonchev–Trinajstić information content (AvgIpc) is 2.38. The van der Waals surface area contributed by atoms with Gasteiger partial charge in [0, 0.05) is 23.4 Å². The van der Waals surface area contributed by atoms with Gasteiger partial charge in [0.15, 0.2) is 0 Å². The first-order valence-electron chi connectivity index (χ1n) is 6.12. The maximum absolute atomic E-state index is 14.1. The van der Waals surface area contributed by atoms with E-state index in [-0.39, 0.29) is 5.69 Å². The van der Waals surface area contributed by atoms with Crippen LogP contribution in [0.15, 0.2) is 23.2 Å². The molecule has 1 aliphatic rings. The number of hydrogen-bond acceptors (Lipinski definition) is 4. The minimum absolute atomic E-state index is 0.0877. The molecule has 2 rings (SSSR count). The van der Waals surface area contributed by atoms with Crippen molar-refractivity contribution in [3.8, 4) is 0 Å². The van der Waals surface area contributed by atoms with Crippen LogP contribution in [0.1, 0.15) is 32.3 Å². The molecule has 1 aromatic carbocycles. The molecule has 1 aromatic rings. The van der Waals surface area contributed by atoms with Crippen LogP contribution >= 0.6 is 11.8 Å². The van der Waals surface area contributed by atoms with E-state index in [0.717, 1.165) is 16.9 Å². The van der Waals surface area contributed by atoms with Gasteiger partial charge in [0.25, 0.3) is 5.69 Å². The van der Waals surface area contributed by atoms with Gasteiger partial charge in [-0.25, -0.2) is 4.39 Å². The topological polar surface area (TPSA) is 55.5 Å². The van der Waals surface area contributed by atoms with Gasteiger partial charge in [-0.3, -0.25) is 15.1 Å². The third-order valence-corrected chi connectivity index (χ3v) is 4.36. The lowest BCUT2D eigenvalue weighted by Crippen LogP contribution is -2.29. The van der Waals surface area contributed by atoms with Crippen molar-refractivity contribution in [2.24, 2.45) is 4.99 Å². The summed E-state index contributed by atoms with van der Waals surface area (Å²) in [7, 11) is 0. The highest BCUT2D eigenvalue weighted by Crippen LogP contribution is 2.41. The first kappa shape index (κ1) is 14.0. The van der Waals surface area contributed by atoms with Gasteiger partial charge < -0.3 is 0 Å². The largest absolute Gasteiger partial charge is 0.272 e. The van der Waals surface area contributed by atoms with Crippen LogP contribution in [0.3, 0.4) is 0 Å². The molecule has 0 saturated heterocycles. The predicted octanol–water partition coefficient (Wildman–Crippen LogP) is 3.89. The van der Waals surface area contributed by atoms with Crippen molar-refractivity contribution in [2.75, 3.05) is 5.75 Å². The zero-order chi connectivity index (χ0) is 14.0. The minimum Gasteiger partial charge on any atom is -0.272 e. The monoisotopic (exact) mass is 282 g/mol. The molecule has 0 aliphatic carbocycles. The summed E-state index contributed by atoms with van der Waals surface area (Å²) in [6.07, 6.45) is 1.33. The molecule has 0 fully saturated rings. The van der Waals surface area contributed by atoms with E-state index in [2.05, 4.69) is 4.99 Å². The summed E-state index contributed by atoms with van der Waals surface area (Å²) in [5.41, 5.74) is -0.412. The Bertz CT molecular complexity index is 547. The molecule has 1 aliphatic heterocycles. The number of non-ortho nitro benzene ring substituents is 1. The molecule has 0 N–H and O–H groups in total. The van der Waals surface area contributed by atoms with Gasteiger partial charge in [0.2, 0.25) is 0 Å². The van der Waals surface area contributed by atoms with E-state index in [1.807, 2.05) is 13.8 Å². The van der Waals surface area contributed by atoms with E-state index in [4.69, 9.17) is 0 Å². The highest BCUT2D eigenvalue weighted by Gasteiger charge is 2.35. The van der Waals surface area contributed by atoms with Crippen molar-refractivity contribution in [2.45, 2.75) is 32.2 Å². The van der Waals surface area contributed by atoms with Crippen LogP contribution in [0.2, 0.25) is 0 Å². The first-order chi connectivity index (χ1) is 8.98. The maximum atomic E-state index is 14.1. The Labute approximate surface area is 115 Å². The molecule has 0 amide bonds. The molecule has 102 valence electrons. The summed E-state index contributed by atoms with van der Waals surface area (Å²) in [4.78, 5) is 14.9. The SMILES string of the molecule is CC[C@@]1(c2cc([N+](=O)[O-])ccc2F)CCSC(C)=N1. The summed E-state index contributed by atoms with van der Waals surface area (Å²) >= 11 is 1.64. The van der Waals surface area contributed by atoms with Gasteiger partial charge in [-0.05, 0) is 25.8 Å². The first-order valence-corrected chi connectivity index (χ1v) is 7.11. The van der Waals surface area contributed by atoms with Crippen molar-refractivity contribution in [3.05, 3.63) is 39.7 Å². The lowest BCUT2D eigenvalue weighted by Gasteiger charge is -2.33. The van der Waals surface area contributed by atoms with E-state index < -0.39 is 16.3 Å². The fourth-order valence-corrected chi connectivity index (χ4v) is 3.36. The van der Waals surface area contributed by atoms with Gasteiger partial charge >= 0.3 is 0 Å².